The van der Waals surface area contributed by atoms with Crippen LogP contribution in [0.5, 0.6) is 0 Å². The van der Waals surface area contributed by atoms with Gasteiger partial charge in [0.05, 0.1) is 11.3 Å². The lowest BCUT2D eigenvalue weighted by Crippen LogP contribution is -2.54. The van der Waals surface area contributed by atoms with Gasteiger partial charge in [0, 0.05) is 5.69 Å². The molecule has 0 radical (unpaired) electrons. The van der Waals surface area contributed by atoms with Gasteiger partial charge in [-0.05, 0) is 72.9 Å². The van der Waals surface area contributed by atoms with E-state index in [2.05, 4.69) is 5.32 Å². The molecule has 214 valence electrons. The average molecular weight is 557 g/mol. The maximum Gasteiger partial charge on any atom is 0.323 e. The molecule has 0 spiro atoms. The van der Waals surface area contributed by atoms with Crippen LogP contribution in [0.4, 0.5) is 5.69 Å². The van der Waals surface area contributed by atoms with Gasteiger partial charge in [-0.3, -0.25) is 19.2 Å². The van der Waals surface area contributed by atoms with Crippen LogP contribution in [0.2, 0.25) is 0 Å². The Hall–Kier alpha value is -4.20. The summed E-state index contributed by atoms with van der Waals surface area (Å²) in [6.45, 7) is -0.608. The molecule has 1 aliphatic heterocycles. The molecular weight excluding hydrogens is 520 g/mol. The molecule has 8 heteroatoms. The quantitative estimate of drug-likeness (QED) is 0.312. The Balaban J connectivity index is 1.39. The number of aryl methyl sites for hydroxylation is 2. The van der Waals surface area contributed by atoms with E-state index in [0.717, 1.165) is 34.7 Å². The largest absolute Gasteiger partial charge is 0.481 e. The van der Waals surface area contributed by atoms with Crippen LogP contribution in [-0.4, -0.2) is 51.5 Å². The summed E-state index contributed by atoms with van der Waals surface area (Å²) < 4.78 is 0. The fourth-order valence-electron chi connectivity index (χ4n) is 6.75. The summed E-state index contributed by atoms with van der Waals surface area (Å²) in [7, 11) is 0. The number of carbonyl (C=O) groups is 4. The maximum absolute atomic E-state index is 14.3. The van der Waals surface area contributed by atoms with E-state index in [4.69, 9.17) is 0 Å². The highest BCUT2D eigenvalue weighted by molar-refractivity contribution is 6.00. The summed E-state index contributed by atoms with van der Waals surface area (Å²) in [5, 5.41) is 25.1. The Morgan fingerprint density at radius 1 is 0.951 bits per heavy atom. The van der Waals surface area contributed by atoms with Gasteiger partial charge in [0.25, 0.3) is 0 Å². The third-order valence-corrected chi connectivity index (χ3v) is 8.85. The monoisotopic (exact) mass is 556 g/mol. The molecule has 2 unspecified atom stereocenters. The van der Waals surface area contributed by atoms with Crippen molar-refractivity contribution in [2.75, 3.05) is 11.9 Å². The molecule has 2 atom stereocenters. The first-order valence-corrected chi connectivity index (χ1v) is 14.4. The molecule has 1 fully saturated rings. The Morgan fingerprint density at radius 3 is 2.41 bits per heavy atom. The molecule has 0 saturated heterocycles. The fourth-order valence-corrected chi connectivity index (χ4v) is 6.75. The molecule has 3 aromatic rings. The van der Waals surface area contributed by atoms with Crippen LogP contribution in [0.1, 0.15) is 56.1 Å². The van der Waals surface area contributed by atoms with Crippen LogP contribution < -0.4 is 5.32 Å². The molecule has 41 heavy (non-hydrogen) atoms. The molecule has 1 heterocycles. The van der Waals surface area contributed by atoms with Crippen molar-refractivity contribution in [1.29, 1.82) is 0 Å². The molecule has 8 nitrogen and oxygen atoms in total. The van der Waals surface area contributed by atoms with E-state index in [1.807, 2.05) is 60.7 Å². The number of carboxylic acids is 2. The van der Waals surface area contributed by atoms with E-state index in [9.17, 15) is 29.4 Å². The van der Waals surface area contributed by atoms with E-state index < -0.39 is 47.7 Å². The normalized spacial score (nSPS) is 18.6. The van der Waals surface area contributed by atoms with E-state index in [1.54, 1.807) is 6.07 Å². The van der Waals surface area contributed by atoms with Crippen LogP contribution in [0.25, 0.3) is 10.8 Å². The number of hydrogen-bond donors (Lipinski definition) is 3. The van der Waals surface area contributed by atoms with Crippen molar-refractivity contribution in [1.82, 2.24) is 4.90 Å². The van der Waals surface area contributed by atoms with E-state index in [-0.39, 0.29) is 6.42 Å². The van der Waals surface area contributed by atoms with Crippen molar-refractivity contribution in [3.05, 3.63) is 77.9 Å². The van der Waals surface area contributed by atoms with Gasteiger partial charge in [0.1, 0.15) is 12.6 Å². The highest BCUT2D eigenvalue weighted by Crippen LogP contribution is 2.46. The van der Waals surface area contributed by atoms with Crippen molar-refractivity contribution in [3.63, 3.8) is 0 Å². The first kappa shape index (κ1) is 28.3. The van der Waals surface area contributed by atoms with Crippen molar-refractivity contribution >= 4 is 40.2 Å². The Morgan fingerprint density at radius 2 is 1.66 bits per heavy atom. The predicted octanol–water partition coefficient (Wildman–Crippen LogP) is 5.29. The van der Waals surface area contributed by atoms with Crippen LogP contribution in [0.15, 0.2) is 66.7 Å². The molecule has 2 amide bonds. The molecule has 3 aromatic carbocycles. The number of para-hydroxylation sites is 1. The Kier molecular flexibility index (Phi) is 8.38. The van der Waals surface area contributed by atoms with E-state index >= 15 is 0 Å². The number of carbonyl (C=O) groups excluding carboxylic acids is 2. The van der Waals surface area contributed by atoms with E-state index in [0.29, 0.717) is 44.2 Å². The lowest BCUT2D eigenvalue weighted by molar-refractivity contribution is -0.156. The van der Waals surface area contributed by atoms with Crippen LogP contribution >= 0.6 is 0 Å². The van der Waals surface area contributed by atoms with Crippen molar-refractivity contribution < 1.29 is 29.4 Å². The van der Waals surface area contributed by atoms with E-state index in [1.165, 1.54) is 4.90 Å². The van der Waals surface area contributed by atoms with Crippen molar-refractivity contribution in [2.45, 2.75) is 63.8 Å². The molecule has 0 bridgehead atoms. The molecule has 5 rings (SSSR count). The van der Waals surface area contributed by atoms with Crippen LogP contribution in [0.3, 0.4) is 0 Å². The summed E-state index contributed by atoms with van der Waals surface area (Å²) in [6.07, 6.45) is 4.30. The molecule has 0 aromatic heterocycles. The third-order valence-electron chi connectivity index (χ3n) is 8.85. The molecule has 1 aliphatic carbocycles. The molecule has 3 N–H and O–H groups in total. The zero-order valence-electron chi connectivity index (χ0n) is 23.1. The highest BCUT2D eigenvalue weighted by Gasteiger charge is 2.48. The number of hydrogen-bond acceptors (Lipinski definition) is 4. The number of carboxylic acid groups (broad SMARTS) is 2. The highest BCUT2D eigenvalue weighted by atomic mass is 16.4. The number of fused-ring (bicyclic) bond motifs is 2. The summed E-state index contributed by atoms with van der Waals surface area (Å²) in [5.41, 5.74) is 1.64. The maximum atomic E-state index is 14.3. The van der Waals surface area contributed by atoms with Gasteiger partial charge in [-0.15, -0.1) is 0 Å². The molecule has 2 aliphatic rings. The van der Waals surface area contributed by atoms with Crippen LogP contribution in [0, 0.1) is 11.3 Å². The smallest absolute Gasteiger partial charge is 0.323 e. The lowest BCUT2D eigenvalue weighted by atomic mass is 9.74. The summed E-state index contributed by atoms with van der Waals surface area (Å²) in [6, 6.07) is 20.4. The first-order chi connectivity index (χ1) is 19.8. The summed E-state index contributed by atoms with van der Waals surface area (Å²) >= 11 is 0. The van der Waals surface area contributed by atoms with Gasteiger partial charge in [0.2, 0.25) is 11.8 Å². The fraction of sp³-hybridized carbons (Fsp3) is 0.394. The second-order valence-electron chi connectivity index (χ2n) is 11.4. The number of anilines is 1. The number of amides is 2. The average Bonchev–Trinajstić information content (AvgIpc) is 3.37. The molecular formula is C33H36N2O6. The van der Waals surface area contributed by atoms with Crippen LogP contribution in [-0.2, 0) is 32.0 Å². The number of nitrogens with zero attached hydrogens (tertiary/aromatic N) is 1. The van der Waals surface area contributed by atoms with Gasteiger partial charge >= 0.3 is 11.9 Å². The zero-order valence-corrected chi connectivity index (χ0v) is 23.1. The van der Waals surface area contributed by atoms with Gasteiger partial charge in [-0.25, -0.2) is 0 Å². The minimum atomic E-state index is -1.20. The number of benzene rings is 3. The molecule has 1 saturated carbocycles. The van der Waals surface area contributed by atoms with Gasteiger partial charge in [-0.2, -0.15) is 0 Å². The first-order valence-electron chi connectivity index (χ1n) is 14.4. The Bertz CT molecular complexity index is 1460. The standard InChI is InChI=1S/C33H36N2O6/c36-29(37)21-35(28-17-16-24-9-2-4-13-27(24)34-30(28)38)32(41)33(18-5-6-19-33)20-25(31(39)40)15-14-23-11-7-10-22-8-1-3-12-26(22)23/h1-4,7-13,25,28H,5-6,14-21H2,(H,34,38)(H,36,37)(H,39,40). The Labute approximate surface area is 239 Å². The number of aliphatic carboxylic acids is 2. The third kappa shape index (κ3) is 6.11. The predicted molar refractivity (Wildman–Crippen MR) is 155 cm³/mol. The summed E-state index contributed by atoms with van der Waals surface area (Å²) in [4.78, 5) is 53.4. The topological polar surface area (TPSA) is 124 Å². The second kappa shape index (κ2) is 12.1. The lowest BCUT2D eigenvalue weighted by Gasteiger charge is -2.38. The minimum Gasteiger partial charge on any atom is -0.481 e. The summed E-state index contributed by atoms with van der Waals surface area (Å²) in [5.74, 6) is -3.78. The second-order valence-corrected chi connectivity index (χ2v) is 11.4. The van der Waals surface area contributed by atoms with Gasteiger partial charge in [-0.1, -0.05) is 73.5 Å². The number of nitrogens with one attached hydrogen (secondary N) is 1. The zero-order chi connectivity index (χ0) is 29.0. The SMILES string of the molecule is O=C(O)CN(C(=O)C1(CC(CCc2cccc3ccccc23)C(=O)O)CCCC1)C1CCc2ccccc2NC1=O. The van der Waals surface area contributed by atoms with Gasteiger partial charge < -0.3 is 20.4 Å². The van der Waals surface area contributed by atoms with Gasteiger partial charge in [0.15, 0.2) is 0 Å². The minimum absolute atomic E-state index is 0.122. The number of rotatable bonds is 10. The van der Waals surface area contributed by atoms with Crippen molar-refractivity contribution in [3.8, 4) is 0 Å². The van der Waals surface area contributed by atoms with Crippen molar-refractivity contribution in [2.24, 2.45) is 11.3 Å².